The molecule has 4 atom stereocenters. The molecule has 7 heteroatoms. The van der Waals surface area contributed by atoms with Gasteiger partial charge in [-0.15, -0.1) is 0 Å². The minimum atomic E-state index is -1.49. The highest BCUT2D eigenvalue weighted by molar-refractivity contribution is 5.87. The molecule has 1 saturated heterocycles. The van der Waals surface area contributed by atoms with E-state index >= 15 is 0 Å². The molecule has 0 amide bonds. The first-order chi connectivity index (χ1) is 9.97. The van der Waals surface area contributed by atoms with Crippen LogP contribution in [0.1, 0.15) is 5.56 Å². The second kappa shape index (κ2) is 6.68. The first kappa shape index (κ1) is 15.5. The molecule has 0 aliphatic carbocycles. The van der Waals surface area contributed by atoms with Gasteiger partial charge < -0.3 is 29.9 Å². The molecule has 7 nitrogen and oxygen atoms in total. The van der Waals surface area contributed by atoms with Crippen LogP contribution in [-0.4, -0.2) is 57.6 Å². The molecule has 1 aromatic rings. The van der Waals surface area contributed by atoms with Crippen LogP contribution in [0.15, 0.2) is 30.3 Å². The van der Waals surface area contributed by atoms with E-state index in [1.807, 2.05) is 0 Å². The zero-order valence-electron chi connectivity index (χ0n) is 11.0. The monoisotopic (exact) mass is 296 g/mol. The van der Waals surface area contributed by atoms with Gasteiger partial charge in [0.2, 0.25) is 0 Å². The Morgan fingerprint density at radius 1 is 1.24 bits per heavy atom. The number of carbonyl (C=O) groups excluding carboxylic acids is 1. The summed E-state index contributed by atoms with van der Waals surface area (Å²) in [7, 11) is 0. The van der Waals surface area contributed by atoms with Crippen LogP contribution in [0.3, 0.4) is 0 Å². The predicted molar refractivity (Wildman–Crippen MR) is 71.0 cm³/mol. The standard InChI is InChI=1S/C14H16O7/c15-9-4-1-8(2-5-9)3-6-11(17)21-13-12(18)10(16)7-20-14(13)19/h1-6,10,12-16,18-19H,7H2/b6-3+/t10-,12+,13-,14+/m1/s1. The zero-order valence-corrected chi connectivity index (χ0v) is 11.0. The molecule has 0 radical (unpaired) electrons. The Morgan fingerprint density at radius 2 is 1.90 bits per heavy atom. The fourth-order valence-corrected chi connectivity index (χ4v) is 1.83. The number of aromatic hydroxyl groups is 1. The summed E-state index contributed by atoms with van der Waals surface area (Å²) in [5, 5.41) is 37.7. The topological polar surface area (TPSA) is 116 Å². The quantitative estimate of drug-likeness (QED) is 0.434. The number of carbonyl (C=O) groups is 1. The smallest absolute Gasteiger partial charge is 0.331 e. The SMILES string of the molecule is O=C(/C=C/c1ccc(O)cc1)O[C@@H]1[C@@H](O)[C@H](O)CO[C@@H]1O. The Kier molecular flexibility index (Phi) is 4.92. The van der Waals surface area contributed by atoms with E-state index < -0.39 is 30.6 Å². The molecule has 0 bridgehead atoms. The summed E-state index contributed by atoms with van der Waals surface area (Å²) in [5.74, 6) is -0.696. The molecular weight excluding hydrogens is 280 g/mol. The maximum absolute atomic E-state index is 11.6. The number of aliphatic hydroxyl groups is 3. The Balaban J connectivity index is 1.95. The molecule has 2 rings (SSSR count). The molecule has 1 aliphatic rings. The van der Waals surface area contributed by atoms with Crippen molar-refractivity contribution in [3.8, 4) is 5.75 Å². The van der Waals surface area contributed by atoms with E-state index in [0.29, 0.717) is 5.56 Å². The first-order valence-corrected chi connectivity index (χ1v) is 6.31. The average Bonchev–Trinajstić information content (AvgIpc) is 2.47. The lowest BCUT2D eigenvalue weighted by molar-refractivity contribution is -0.258. The maximum atomic E-state index is 11.6. The van der Waals surface area contributed by atoms with Crippen molar-refractivity contribution in [2.24, 2.45) is 0 Å². The fraction of sp³-hybridized carbons (Fsp3) is 0.357. The summed E-state index contributed by atoms with van der Waals surface area (Å²) in [5.41, 5.74) is 0.658. The molecular formula is C14H16O7. The van der Waals surface area contributed by atoms with Crippen LogP contribution < -0.4 is 0 Å². The molecule has 1 aromatic carbocycles. The number of phenolic OH excluding ortho intramolecular Hbond substituents is 1. The number of ether oxygens (including phenoxy) is 2. The third-order valence-electron chi connectivity index (χ3n) is 3.01. The molecule has 1 heterocycles. The number of rotatable bonds is 3. The van der Waals surface area contributed by atoms with E-state index in [4.69, 9.17) is 14.6 Å². The minimum Gasteiger partial charge on any atom is -0.508 e. The van der Waals surface area contributed by atoms with E-state index in [1.54, 1.807) is 12.1 Å². The van der Waals surface area contributed by atoms with E-state index in [-0.39, 0.29) is 12.4 Å². The first-order valence-electron chi connectivity index (χ1n) is 6.31. The third kappa shape index (κ3) is 4.02. The van der Waals surface area contributed by atoms with Crippen molar-refractivity contribution in [3.63, 3.8) is 0 Å². The van der Waals surface area contributed by atoms with Crippen LogP contribution in [0.5, 0.6) is 5.75 Å². The molecule has 1 aliphatic heterocycles. The Bertz CT molecular complexity index is 511. The van der Waals surface area contributed by atoms with Gasteiger partial charge in [0.1, 0.15) is 18.0 Å². The van der Waals surface area contributed by atoms with E-state index in [9.17, 15) is 20.1 Å². The van der Waals surface area contributed by atoms with Gasteiger partial charge in [0, 0.05) is 6.08 Å². The van der Waals surface area contributed by atoms with Gasteiger partial charge >= 0.3 is 5.97 Å². The van der Waals surface area contributed by atoms with Crippen molar-refractivity contribution in [2.75, 3.05) is 6.61 Å². The van der Waals surface area contributed by atoms with Crippen molar-refractivity contribution in [1.29, 1.82) is 0 Å². The van der Waals surface area contributed by atoms with Crippen molar-refractivity contribution in [2.45, 2.75) is 24.6 Å². The highest BCUT2D eigenvalue weighted by Crippen LogP contribution is 2.17. The van der Waals surface area contributed by atoms with Gasteiger partial charge in [-0.25, -0.2) is 4.79 Å². The van der Waals surface area contributed by atoms with Crippen LogP contribution in [0, 0.1) is 0 Å². The van der Waals surface area contributed by atoms with Crippen LogP contribution in [0.4, 0.5) is 0 Å². The minimum absolute atomic E-state index is 0.106. The molecule has 114 valence electrons. The number of aliphatic hydroxyl groups excluding tert-OH is 3. The lowest BCUT2D eigenvalue weighted by Crippen LogP contribution is -2.54. The molecule has 4 N–H and O–H groups in total. The molecule has 0 unspecified atom stereocenters. The molecule has 0 saturated carbocycles. The highest BCUT2D eigenvalue weighted by Gasteiger charge is 2.40. The summed E-state index contributed by atoms with van der Waals surface area (Å²) in [6, 6.07) is 6.11. The van der Waals surface area contributed by atoms with Gasteiger partial charge in [0.05, 0.1) is 6.61 Å². The number of phenols is 1. The van der Waals surface area contributed by atoms with Crippen LogP contribution in [0.2, 0.25) is 0 Å². The van der Waals surface area contributed by atoms with Crippen LogP contribution in [-0.2, 0) is 14.3 Å². The number of esters is 1. The summed E-state index contributed by atoms with van der Waals surface area (Å²) in [6.45, 7) is -0.236. The summed E-state index contributed by atoms with van der Waals surface area (Å²) < 4.78 is 9.64. The summed E-state index contributed by atoms with van der Waals surface area (Å²) in [6.07, 6.45) is -2.94. The van der Waals surface area contributed by atoms with E-state index in [1.165, 1.54) is 18.2 Å². The third-order valence-corrected chi connectivity index (χ3v) is 3.01. The molecule has 0 spiro atoms. The van der Waals surface area contributed by atoms with Crippen LogP contribution in [0.25, 0.3) is 6.08 Å². The normalized spacial score (nSPS) is 29.5. The largest absolute Gasteiger partial charge is 0.508 e. The van der Waals surface area contributed by atoms with Crippen molar-refractivity contribution in [1.82, 2.24) is 0 Å². The predicted octanol–water partition coefficient (Wildman–Crippen LogP) is -0.612. The number of hydrogen-bond donors (Lipinski definition) is 4. The summed E-state index contributed by atoms with van der Waals surface area (Å²) >= 11 is 0. The van der Waals surface area contributed by atoms with E-state index in [0.717, 1.165) is 6.08 Å². The van der Waals surface area contributed by atoms with Gasteiger partial charge in [0.15, 0.2) is 12.4 Å². The van der Waals surface area contributed by atoms with Gasteiger partial charge in [-0.3, -0.25) is 0 Å². The molecule has 21 heavy (non-hydrogen) atoms. The average molecular weight is 296 g/mol. The van der Waals surface area contributed by atoms with Gasteiger partial charge in [-0.05, 0) is 23.8 Å². The van der Waals surface area contributed by atoms with Gasteiger partial charge in [-0.2, -0.15) is 0 Å². The highest BCUT2D eigenvalue weighted by atomic mass is 16.7. The Morgan fingerprint density at radius 3 is 2.57 bits per heavy atom. The fourth-order valence-electron chi connectivity index (χ4n) is 1.83. The second-order valence-corrected chi connectivity index (χ2v) is 4.61. The van der Waals surface area contributed by atoms with Gasteiger partial charge in [0.25, 0.3) is 0 Å². The lowest BCUT2D eigenvalue weighted by atomic mass is 10.1. The van der Waals surface area contributed by atoms with Crippen molar-refractivity contribution in [3.05, 3.63) is 35.9 Å². The second-order valence-electron chi connectivity index (χ2n) is 4.61. The number of benzene rings is 1. The molecule has 1 fully saturated rings. The van der Waals surface area contributed by atoms with Crippen molar-refractivity contribution >= 4 is 12.0 Å². The van der Waals surface area contributed by atoms with Gasteiger partial charge in [-0.1, -0.05) is 12.1 Å². The molecule has 0 aromatic heterocycles. The maximum Gasteiger partial charge on any atom is 0.331 e. The summed E-state index contributed by atoms with van der Waals surface area (Å²) in [4.78, 5) is 11.6. The van der Waals surface area contributed by atoms with E-state index in [2.05, 4.69) is 0 Å². The zero-order chi connectivity index (χ0) is 15.4. The Labute approximate surface area is 120 Å². The van der Waals surface area contributed by atoms with Crippen molar-refractivity contribution < 1.29 is 34.7 Å². The lowest BCUT2D eigenvalue weighted by Gasteiger charge is -2.34. The number of hydrogen-bond acceptors (Lipinski definition) is 7. The Hall–Kier alpha value is -1.93. The van der Waals surface area contributed by atoms with Crippen LogP contribution >= 0.6 is 0 Å².